The SMILES string of the molecule is NCC1CCC2(CCCN(Cc3ccccc3)C2)CC1. The molecule has 1 aromatic carbocycles. The Morgan fingerprint density at radius 2 is 1.85 bits per heavy atom. The summed E-state index contributed by atoms with van der Waals surface area (Å²) < 4.78 is 0. The van der Waals surface area contributed by atoms with E-state index < -0.39 is 0 Å². The highest BCUT2D eigenvalue weighted by molar-refractivity contribution is 5.14. The molecule has 2 aliphatic rings. The highest BCUT2D eigenvalue weighted by Crippen LogP contribution is 2.44. The average Bonchev–Trinajstić information content (AvgIpc) is 2.49. The molecule has 2 fully saturated rings. The second kappa shape index (κ2) is 6.28. The Labute approximate surface area is 123 Å². The van der Waals surface area contributed by atoms with Crippen LogP contribution < -0.4 is 5.73 Å². The van der Waals surface area contributed by atoms with E-state index in [0.717, 1.165) is 19.0 Å². The van der Waals surface area contributed by atoms with Gasteiger partial charge in [-0.3, -0.25) is 4.90 Å². The molecule has 2 N–H and O–H groups in total. The van der Waals surface area contributed by atoms with Crippen LogP contribution in [0.5, 0.6) is 0 Å². The highest BCUT2D eigenvalue weighted by Gasteiger charge is 2.38. The summed E-state index contributed by atoms with van der Waals surface area (Å²) >= 11 is 0. The van der Waals surface area contributed by atoms with Gasteiger partial charge in [-0.05, 0) is 68.5 Å². The van der Waals surface area contributed by atoms with Crippen molar-refractivity contribution < 1.29 is 0 Å². The van der Waals surface area contributed by atoms with Crippen molar-refractivity contribution >= 4 is 0 Å². The molecular formula is C18H28N2. The largest absolute Gasteiger partial charge is 0.330 e. The lowest BCUT2D eigenvalue weighted by molar-refractivity contribution is 0.0366. The minimum atomic E-state index is 0.610. The number of nitrogens with zero attached hydrogens (tertiary/aromatic N) is 1. The minimum absolute atomic E-state index is 0.610. The fourth-order valence-corrected chi connectivity index (χ4v) is 4.22. The van der Waals surface area contributed by atoms with E-state index in [1.165, 1.54) is 57.2 Å². The van der Waals surface area contributed by atoms with E-state index in [0.29, 0.717) is 5.41 Å². The highest BCUT2D eigenvalue weighted by atomic mass is 15.1. The van der Waals surface area contributed by atoms with E-state index in [1.807, 2.05) is 0 Å². The lowest BCUT2D eigenvalue weighted by Crippen LogP contribution is -2.45. The van der Waals surface area contributed by atoms with E-state index in [2.05, 4.69) is 35.2 Å². The van der Waals surface area contributed by atoms with Crippen molar-refractivity contribution in [2.45, 2.75) is 45.1 Å². The topological polar surface area (TPSA) is 29.3 Å². The standard InChI is InChI=1S/C18H28N2/c19-13-16-7-10-18(11-8-16)9-4-12-20(15-18)14-17-5-2-1-3-6-17/h1-3,5-6,16H,4,7-15,19H2. The third-order valence-corrected chi connectivity index (χ3v) is 5.49. The Bertz CT molecular complexity index is 407. The maximum atomic E-state index is 5.84. The Hall–Kier alpha value is -0.860. The Kier molecular flexibility index (Phi) is 4.42. The van der Waals surface area contributed by atoms with E-state index in [-0.39, 0.29) is 0 Å². The number of likely N-dealkylation sites (tertiary alicyclic amines) is 1. The molecule has 0 amide bonds. The van der Waals surface area contributed by atoms with Crippen molar-refractivity contribution in [3.8, 4) is 0 Å². The first-order valence-corrected chi connectivity index (χ1v) is 8.26. The van der Waals surface area contributed by atoms with Crippen molar-refractivity contribution in [1.29, 1.82) is 0 Å². The van der Waals surface area contributed by atoms with Crippen LogP contribution in [-0.4, -0.2) is 24.5 Å². The molecule has 0 atom stereocenters. The fourth-order valence-electron chi connectivity index (χ4n) is 4.22. The molecule has 1 saturated heterocycles. The van der Waals surface area contributed by atoms with Crippen LogP contribution in [-0.2, 0) is 6.54 Å². The van der Waals surface area contributed by atoms with Gasteiger partial charge in [0.05, 0.1) is 0 Å². The van der Waals surface area contributed by atoms with Gasteiger partial charge in [0.1, 0.15) is 0 Å². The van der Waals surface area contributed by atoms with Crippen LogP contribution >= 0.6 is 0 Å². The molecule has 1 aromatic rings. The summed E-state index contributed by atoms with van der Waals surface area (Å²) in [5, 5.41) is 0. The summed E-state index contributed by atoms with van der Waals surface area (Å²) in [6.07, 6.45) is 8.33. The van der Waals surface area contributed by atoms with Crippen molar-refractivity contribution in [3.63, 3.8) is 0 Å². The van der Waals surface area contributed by atoms with E-state index in [4.69, 9.17) is 5.73 Å². The Morgan fingerprint density at radius 1 is 1.10 bits per heavy atom. The fraction of sp³-hybridized carbons (Fsp3) is 0.667. The molecule has 0 bridgehead atoms. The molecular weight excluding hydrogens is 244 g/mol. The van der Waals surface area contributed by atoms with Gasteiger partial charge in [-0.1, -0.05) is 30.3 Å². The lowest BCUT2D eigenvalue weighted by atomic mass is 9.66. The van der Waals surface area contributed by atoms with Crippen molar-refractivity contribution in [1.82, 2.24) is 4.90 Å². The maximum absolute atomic E-state index is 5.84. The zero-order chi connectivity index (χ0) is 13.8. The molecule has 1 spiro atoms. The summed E-state index contributed by atoms with van der Waals surface area (Å²) in [6.45, 7) is 4.60. The molecule has 0 aromatic heterocycles. The molecule has 1 heterocycles. The number of rotatable bonds is 3. The summed E-state index contributed by atoms with van der Waals surface area (Å²) in [5.41, 5.74) is 7.91. The van der Waals surface area contributed by atoms with E-state index in [9.17, 15) is 0 Å². The predicted molar refractivity (Wildman–Crippen MR) is 84.4 cm³/mol. The molecule has 0 radical (unpaired) electrons. The molecule has 1 aliphatic heterocycles. The van der Waals surface area contributed by atoms with Crippen LogP contribution in [0.25, 0.3) is 0 Å². The van der Waals surface area contributed by atoms with Gasteiger partial charge in [0.2, 0.25) is 0 Å². The van der Waals surface area contributed by atoms with Gasteiger partial charge in [0.15, 0.2) is 0 Å². The van der Waals surface area contributed by atoms with Gasteiger partial charge >= 0.3 is 0 Å². The van der Waals surface area contributed by atoms with Gasteiger partial charge in [-0.15, -0.1) is 0 Å². The van der Waals surface area contributed by atoms with Crippen LogP contribution in [0.1, 0.15) is 44.1 Å². The number of benzene rings is 1. The van der Waals surface area contributed by atoms with Crippen molar-refractivity contribution in [3.05, 3.63) is 35.9 Å². The van der Waals surface area contributed by atoms with Crippen LogP contribution in [0.4, 0.5) is 0 Å². The van der Waals surface area contributed by atoms with Crippen molar-refractivity contribution in [2.24, 2.45) is 17.1 Å². The van der Waals surface area contributed by atoms with E-state index in [1.54, 1.807) is 0 Å². The summed E-state index contributed by atoms with van der Waals surface area (Å²) in [6, 6.07) is 10.9. The van der Waals surface area contributed by atoms with Gasteiger partial charge in [-0.25, -0.2) is 0 Å². The maximum Gasteiger partial charge on any atom is 0.0233 e. The lowest BCUT2D eigenvalue weighted by Gasteiger charge is -2.47. The third kappa shape index (κ3) is 3.24. The first kappa shape index (κ1) is 14.1. The minimum Gasteiger partial charge on any atom is -0.330 e. The smallest absolute Gasteiger partial charge is 0.0233 e. The van der Waals surface area contributed by atoms with Crippen LogP contribution in [0, 0.1) is 11.3 Å². The number of piperidine rings is 1. The number of hydrogen-bond acceptors (Lipinski definition) is 2. The second-order valence-electron chi connectivity index (χ2n) is 6.98. The first-order valence-electron chi connectivity index (χ1n) is 8.26. The monoisotopic (exact) mass is 272 g/mol. The number of nitrogens with two attached hydrogens (primary N) is 1. The van der Waals surface area contributed by atoms with Crippen molar-refractivity contribution in [2.75, 3.05) is 19.6 Å². The zero-order valence-electron chi connectivity index (χ0n) is 12.6. The molecule has 1 saturated carbocycles. The van der Waals surface area contributed by atoms with Crippen LogP contribution in [0.3, 0.4) is 0 Å². The molecule has 2 heteroatoms. The third-order valence-electron chi connectivity index (χ3n) is 5.49. The average molecular weight is 272 g/mol. The van der Waals surface area contributed by atoms with E-state index >= 15 is 0 Å². The predicted octanol–water partition coefficient (Wildman–Crippen LogP) is 3.42. The first-order chi connectivity index (χ1) is 9.80. The number of hydrogen-bond donors (Lipinski definition) is 1. The summed E-state index contributed by atoms with van der Waals surface area (Å²) in [7, 11) is 0. The molecule has 20 heavy (non-hydrogen) atoms. The van der Waals surface area contributed by atoms with Crippen LogP contribution in [0.15, 0.2) is 30.3 Å². The summed E-state index contributed by atoms with van der Waals surface area (Å²) in [4.78, 5) is 2.68. The van der Waals surface area contributed by atoms with Gasteiger partial charge < -0.3 is 5.73 Å². The van der Waals surface area contributed by atoms with Crippen LogP contribution in [0.2, 0.25) is 0 Å². The molecule has 3 rings (SSSR count). The Balaban J connectivity index is 1.59. The Morgan fingerprint density at radius 3 is 2.55 bits per heavy atom. The zero-order valence-corrected chi connectivity index (χ0v) is 12.6. The summed E-state index contributed by atoms with van der Waals surface area (Å²) in [5.74, 6) is 0.796. The quantitative estimate of drug-likeness (QED) is 0.913. The van der Waals surface area contributed by atoms with Gasteiger partial charge in [-0.2, -0.15) is 0 Å². The molecule has 110 valence electrons. The molecule has 1 aliphatic carbocycles. The molecule has 0 unspecified atom stereocenters. The van der Waals surface area contributed by atoms with Gasteiger partial charge in [0, 0.05) is 13.1 Å². The second-order valence-corrected chi connectivity index (χ2v) is 6.98. The molecule has 2 nitrogen and oxygen atoms in total. The van der Waals surface area contributed by atoms with Gasteiger partial charge in [0.25, 0.3) is 0 Å². The normalized spacial score (nSPS) is 31.6.